The topological polar surface area (TPSA) is 104 Å². The Labute approximate surface area is 168 Å². The molecule has 0 saturated heterocycles. The van der Waals surface area contributed by atoms with Crippen LogP contribution in [0, 0.1) is 6.92 Å². The van der Waals surface area contributed by atoms with E-state index in [1.807, 2.05) is 26.8 Å². The van der Waals surface area contributed by atoms with Gasteiger partial charge in [-0.1, -0.05) is 0 Å². The van der Waals surface area contributed by atoms with Crippen LogP contribution in [0.2, 0.25) is 0 Å². The molecule has 0 heterocycles. The van der Waals surface area contributed by atoms with Crippen molar-refractivity contribution in [3.8, 4) is 0 Å². The van der Waals surface area contributed by atoms with Gasteiger partial charge in [-0.25, -0.2) is 13.1 Å². The first-order valence-corrected chi connectivity index (χ1v) is 11.0. The van der Waals surface area contributed by atoms with E-state index in [1.165, 1.54) is 0 Å². The molecule has 0 aliphatic carbocycles. The minimum absolute atomic E-state index is 0.0294. The molecule has 8 heteroatoms. The summed E-state index contributed by atoms with van der Waals surface area (Å²) in [5, 5.41) is 5.64. The Morgan fingerprint density at radius 2 is 1.71 bits per heavy atom. The number of carbonyl (C=O) groups is 2. The molecule has 0 radical (unpaired) electrons. The van der Waals surface area contributed by atoms with E-state index < -0.39 is 14.8 Å². The lowest BCUT2D eigenvalue weighted by molar-refractivity contribution is -0.116. The number of carbonyl (C=O) groups excluding carboxylic acids is 2. The van der Waals surface area contributed by atoms with Crippen molar-refractivity contribution in [2.75, 3.05) is 11.9 Å². The molecule has 1 aromatic carbocycles. The average Bonchev–Trinajstić information content (AvgIpc) is 2.52. The lowest BCUT2D eigenvalue weighted by Gasteiger charge is -2.19. The highest BCUT2D eigenvalue weighted by Crippen LogP contribution is 2.16. The molecule has 0 aromatic heterocycles. The predicted octanol–water partition coefficient (Wildman–Crippen LogP) is 2.96. The summed E-state index contributed by atoms with van der Waals surface area (Å²) >= 11 is 0. The van der Waals surface area contributed by atoms with Gasteiger partial charge in [-0.3, -0.25) is 9.59 Å². The smallest absolute Gasteiger partial charge is 0.251 e. The summed E-state index contributed by atoms with van der Waals surface area (Å²) in [4.78, 5) is 24.3. The Hall–Kier alpha value is -1.93. The predicted molar refractivity (Wildman–Crippen MR) is 113 cm³/mol. The second kappa shape index (κ2) is 10.0. The highest BCUT2D eigenvalue weighted by atomic mass is 32.2. The molecule has 7 nitrogen and oxygen atoms in total. The molecule has 0 aliphatic heterocycles. The third-order valence-corrected chi connectivity index (χ3v) is 6.17. The van der Waals surface area contributed by atoms with Crippen LogP contribution >= 0.6 is 0 Å². The van der Waals surface area contributed by atoms with Gasteiger partial charge in [-0.05, 0) is 78.1 Å². The van der Waals surface area contributed by atoms with Gasteiger partial charge in [-0.2, -0.15) is 0 Å². The maximum absolute atomic E-state index is 12.2. The van der Waals surface area contributed by atoms with E-state index >= 15 is 0 Å². The van der Waals surface area contributed by atoms with Crippen LogP contribution in [-0.4, -0.2) is 37.6 Å². The lowest BCUT2D eigenvalue weighted by atomic mass is 10.1. The van der Waals surface area contributed by atoms with Crippen LogP contribution in [-0.2, 0) is 14.8 Å². The molecule has 1 aromatic rings. The summed E-state index contributed by atoms with van der Waals surface area (Å²) in [6, 6.07) is 5.26. The van der Waals surface area contributed by atoms with Gasteiger partial charge in [0, 0.05) is 30.3 Å². The molecule has 0 unspecified atom stereocenters. The number of hydrogen-bond acceptors (Lipinski definition) is 4. The van der Waals surface area contributed by atoms with E-state index in [0.29, 0.717) is 30.6 Å². The van der Waals surface area contributed by atoms with Crippen LogP contribution in [0.25, 0.3) is 0 Å². The third-order valence-electron chi connectivity index (χ3n) is 3.97. The van der Waals surface area contributed by atoms with Crippen LogP contribution < -0.4 is 15.4 Å². The Kier molecular flexibility index (Phi) is 8.63. The van der Waals surface area contributed by atoms with E-state index in [9.17, 15) is 18.0 Å². The van der Waals surface area contributed by atoms with E-state index in [4.69, 9.17) is 0 Å². The monoisotopic (exact) mass is 411 g/mol. The summed E-state index contributed by atoms with van der Waals surface area (Å²) < 4.78 is 25.6. The van der Waals surface area contributed by atoms with Crippen LogP contribution in [0.1, 0.15) is 69.8 Å². The number of benzene rings is 1. The van der Waals surface area contributed by atoms with Gasteiger partial charge in [0.15, 0.2) is 0 Å². The van der Waals surface area contributed by atoms with Crippen molar-refractivity contribution in [1.29, 1.82) is 0 Å². The lowest BCUT2D eigenvalue weighted by Crippen LogP contribution is -2.39. The molecule has 0 fully saturated rings. The van der Waals surface area contributed by atoms with Crippen molar-refractivity contribution in [2.24, 2.45) is 0 Å². The van der Waals surface area contributed by atoms with Gasteiger partial charge in [0.2, 0.25) is 15.9 Å². The molecule has 28 heavy (non-hydrogen) atoms. The molecule has 0 aliphatic rings. The summed E-state index contributed by atoms with van der Waals surface area (Å²) in [6.45, 7) is 10.9. The molecule has 158 valence electrons. The molecule has 0 atom stereocenters. The van der Waals surface area contributed by atoms with Crippen molar-refractivity contribution < 1.29 is 18.0 Å². The maximum atomic E-state index is 12.2. The van der Waals surface area contributed by atoms with Gasteiger partial charge in [-0.15, -0.1) is 0 Å². The Balaban J connectivity index is 2.51. The number of sulfonamides is 1. The van der Waals surface area contributed by atoms with Crippen LogP contribution in [0.4, 0.5) is 5.69 Å². The molecular weight excluding hydrogens is 378 g/mol. The van der Waals surface area contributed by atoms with Crippen LogP contribution in [0.15, 0.2) is 18.2 Å². The second-order valence-electron chi connectivity index (χ2n) is 8.23. The average molecular weight is 412 g/mol. The first-order valence-electron chi connectivity index (χ1n) is 9.53. The fourth-order valence-electron chi connectivity index (χ4n) is 2.39. The van der Waals surface area contributed by atoms with E-state index in [1.54, 1.807) is 32.9 Å². The molecule has 0 saturated carbocycles. The number of rotatable bonds is 9. The van der Waals surface area contributed by atoms with Gasteiger partial charge >= 0.3 is 0 Å². The number of amides is 2. The number of nitrogens with one attached hydrogen (secondary N) is 3. The standard InChI is InChI=1S/C20H33N3O4S/c1-14(2)22-19(25)16-11-15(3)12-17(13-16)23-18(24)9-7-8-10-21-28(26,27)20(4,5)6/h11-14,21H,7-10H2,1-6H3,(H,22,25)(H,23,24). The van der Waals surface area contributed by atoms with Crippen molar-refractivity contribution in [3.05, 3.63) is 29.3 Å². The number of anilines is 1. The van der Waals surface area contributed by atoms with Crippen molar-refractivity contribution in [2.45, 2.75) is 71.6 Å². The normalized spacial score (nSPS) is 12.1. The van der Waals surface area contributed by atoms with E-state index in [-0.39, 0.29) is 24.3 Å². The quantitative estimate of drug-likeness (QED) is 0.543. The molecule has 1 rings (SSSR count). The molecule has 0 bridgehead atoms. The van der Waals surface area contributed by atoms with Crippen molar-refractivity contribution in [3.63, 3.8) is 0 Å². The second-order valence-corrected chi connectivity index (χ2v) is 10.8. The zero-order chi connectivity index (χ0) is 21.5. The van der Waals surface area contributed by atoms with Gasteiger partial charge < -0.3 is 10.6 Å². The highest BCUT2D eigenvalue weighted by Gasteiger charge is 2.27. The van der Waals surface area contributed by atoms with Gasteiger partial charge in [0.05, 0.1) is 4.75 Å². The fraction of sp³-hybridized carbons (Fsp3) is 0.600. The van der Waals surface area contributed by atoms with E-state index in [2.05, 4.69) is 15.4 Å². The summed E-state index contributed by atoms with van der Waals surface area (Å²) in [5.74, 6) is -0.347. The first-order chi connectivity index (χ1) is 12.8. The maximum Gasteiger partial charge on any atom is 0.251 e. The third kappa shape index (κ3) is 7.98. The Morgan fingerprint density at radius 3 is 2.29 bits per heavy atom. The summed E-state index contributed by atoms with van der Waals surface area (Å²) in [7, 11) is -3.36. The Morgan fingerprint density at radius 1 is 1.07 bits per heavy atom. The molecule has 2 amide bonds. The minimum Gasteiger partial charge on any atom is -0.350 e. The highest BCUT2D eigenvalue weighted by molar-refractivity contribution is 7.90. The van der Waals surface area contributed by atoms with Crippen molar-refractivity contribution >= 4 is 27.5 Å². The van der Waals surface area contributed by atoms with E-state index in [0.717, 1.165) is 5.56 Å². The fourth-order valence-corrected chi connectivity index (χ4v) is 3.24. The zero-order valence-corrected chi connectivity index (χ0v) is 18.5. The van der Waals surface area contributed by atoms with Gasteiger partial charge in [0.1, 0.15) is 0 Å². The van der Waals surface area contributed by atoms with Crippen LogP contribution in [0.3, 0.4) is 0 Å². The Bertz CT molecular complexity index is 796. The van der Waals surface area contributed by atoms with Crippen LogP contribution in [0.5, 0.6) is 0 Å². The first kappa shape index (κ1) is 24.1. The minimum atomic E-state index is -3.36. The van der Waals surface area contributed by atoms with Gasteiger partial charge in [0.25, 0.3) is 5.91 Å². The molecule has 0 spiro atoms. The number of aryl methyl sites for hydroxylation is 1. The zero-order valence-electron chi connectivity index (χ0n) is 17.7. The summed E-state index contributed by atoms with van der Waals surface area (Å²) in [6.07, 6.45) is 1.41. The number of unbranched alkanes of at least 4 members (excludes halogenated alkanes) is 1. The summed E-state index contributed by atoms with van der Waals surface area (Å²) in [5.41, 5.74) is 1.95. The number of hydrogen-bond donors (Lipinski definition) is 3. The molecular formula is C20H33N3O4S. The molecule has 3 N–H and O–H groups in total. The largest absolute Gasteiger partial charge is 0.350 e. The SMILES string of the molecule is Cc1cc(NC(=O)CCCCNS(=O)(=O)C(C)(C)C)cc(C(=O)NC(C)C)c1. The van der Waals surface area contributed by atoms with Crippen molar-refractivity contribution in [1.82, 2.24) is 10.0 Å².